The second-order valence-corrected chi connectivity index (χ2v) is 12.9. The topological polar surface area (TPSA) is 30.7 Å². The maximum absolute atomic E-state index is 5.33. The number of fused-ring (bicyclic) bond motifs is 15. The van der Waals surface area contributed by atoms with Crippen molar-refractivity contribution in [2.75, 3.05) is 0 Å². The predicted molar refractivity (Wildman–Crippen MR) is 196 cm³/mol. The van der Waals surface area contributed by atoms with E-state index >= 15 is 0 Å². The van der Waals surface area contributed by atoms with Gasteiger partial charge in [0.15, 0.2) is 5.82 Å². The molecule has 7 aromatic carbocycles. The van der Waals surface area contributed by atoms with Gasteiger partial charge < -0.3 is 0 Å². The molecular weight excluding hydrogens is 583 g/mol. The van der Waals surface area contributed by atoms with Crippen LogP contribution in [0.25, 0.3) is 72.2 Å². The Labute approximate surface area is 277 Å². The normalized spacial score (nSPS) is 13.6. The van der Waals surface area contributed by atoms with Gasteiger partial charge in [0.05, 0.1) is 22.0 Å². The molecule has 0 fully saturated rings. The van der Waals surface area contributed by atoms with Crippen LogP contribution in [0.1, 0.15) is 22.3 Å². The summed E-state index contributed by atoms with van der Waals surface area (Å²) in [4.78, 5) is 10.4. The highest BCUT2D eigenvalue weighted by molar-refractivity contribution is 6.19. The van der Waals surface area contributed by atoms with Gasteiger partial charge in [-0.1, -0.05) is 140 Å². The molecule has 48 heavy (non-hydrogen) atoms. The fourth-order valence-corrected chi connectivity index (χ4v) is 8.82. The largest absolute Gasteiger partial charge is 0.293 e. The van der Waals surface area contributed by atoms with Gasteiger partial charge in [0, 0.05) is 21.7 Å². The molecule has 3 heteroatoms. The second kappa shape index (κ2) is 9.37. The molecule has 0 amide bonds. The number of nitrogens with zero attached hydrogens (tertiary/aromatic N) is 3. The number of rotatable bonds is 2. The predicted octanol–water partition coefficient (Wildman–Crippen LogP) is 10.7. The lowest BCUT2D eigenvalue weighted by molar-refractivity contribution is 0.794. The standard InChI is InChI=1S/C45H27N3/c1-2-14-28(15-3-1)43-46-38-24-12-7-19-32(38)44(47-43)48-39-25-13-8-20-33(39)42-40(48)27-26-37-41(42)31-18-6-11-23-36(31)45(37)34-21-9-4-16-29(34)30-17-5-10-22-35(30)45/h1-27H. The van der Waals surface area contributed by atoms with Crippen LogP contribution in [0.3, 0.4) is 0 Å². The number of para-hydroxylation sites is 2. The molecule has 222 valence electrons. The smallest absolute Gasteiger partial charge is 0.162 e. The number of benzene rings is 7. The fraction of sp³-hybridized carbons (Fsp3) is 0.0222. The molecular formula is C45H27N3. The quantitative estimate of drug-likeness (QED) is 0.195. The SMILES string of the molecule is c1ccc(-c2nc(-n3c4ccccc4c4c5c(ccc43)C3(c4ccccc4-c4ccccc43)c3ccccc3-5)c3ccccc3n2)cc1. The molecule has 11 rings (SSSR count). The third kappa shape index (κ3) is 3.13. The van der Waals surface area contributed by atoms with Crippen molar-refractivity contribution in [2.45, 2.75) is 5.41 Å². The van der Waals surface area contributed by atoms with Gasteiger partial charge >= 0.3 is 0 Å². The molecule has 0 unspecified atom stereocenters. The number of hydrogen-bond donors (Lipinski definition) is 0. The first-order valence-corrected chi connectivity index (χ1v) is 16.5. The van der Waals surface area contributed by atoms with Crippen LogP contribution >= 0.6 is 0 Å². The summed E-state index contributed by atoms with van der Waals surface area (Å²) in [6.45, 7) is 0. The van der Waals surface area contributed by atoms with Crippen LogP contribution < -0.4 is 0 Å². The summed E-state index contributed by atoms with van der Waals surface area (Å²) >= 11 is 0. The Bertz CT molecular complexity index is 2740. The van der Waals surface area contributed by atoms with E-state index < -0.39 is 5.41 Å². The van der Waals surface area contributed by atoms with Crippen LogP contribution in [0.2, 0.25) is 0 Å². The first-order chi connectivity index (χ1) is 23.8. The van der Waals surface area contributed by atoms with E-state index in [0.29, 0.717) is 0 Å². The third-order valence-corrected chi connectivity index (χ3v) is 10.6. The van der Waals surface area contributed by atoms with Crippen molar-refractivity contribution in [1.29, 1.82) is 0 Å². The van der Waals surface area contributed by atoms with Crippen molar-refractivity contribution in [1.82, 2.24) is 14.5 Å². The summed E-state index contributed by atoms with van der Waals surface area (Å²) < 4.78 is 2.37. The number of aromatic nitrogens is 3. The molecule has 0 saturated heterocycles. The van der Waals surface area contributed by atoms with Crippen molar-refractivity contribution >= 4 is 32.7 Å². The Morgan fingerprint density at radius 2 is 1.00 bits per heavy atom. The van der Waals surface area contributed by atoms with Crippen LogP contribution in [0.15, 0.2) is 164 Å². The van der Waals surface area contributed by atoms with Crippen molar-refractivity contribution in [3.8, 4) is 39.5 Å². The summed E-state index contributed by atoms with van der Waals surface area (Å²) in [6, 6.07) is 59.3. The Kier molecular flexibility index (Phi) is 5.04. The van der Waals surface area contributed by atoms with Crippen molar-refractivity contribution < 1.29 is 0 Å². The minimum absolute atomic E-state index is 0.390. The first kappa shape index (κ1) is 25.8. The summed E-state index contributed by atoms with van der Waals surface area (Å²) in [6.07, 6.45) is 0. The minimum atomic E-state index is -0.390. The second-order valence-electron chi connectivity index (χ2n) is 12.9. The van der Waals surface area contributed by atoms with Gasteiger partial charge in [0.1, 0.15) is 5.82 Å². The van der Waals surface area contributed by atoms with Crippen LogP contribution in [0.4, 0.5) is 0 Å². The van der Waals surface area contributed by atoms with E-state index in [9.17, 15) is 0 Å². The van der Waals surface area contributed by atoms with Crippen LogP contribution in [-0.4, -0.2) is 14.5 Å². The molecule has 0 radical (unpaired) electrons. The van der Waals surface area contributed by atoms with E-state index in [0.717, 1.165) is 39.1 Å². The zero-order valence-corrected chi connectivity index (χ0v) is 25.9. The van der Waals surface area contributed by atoms with E-state index in [-0.39, 0.29) is 0 Å². The molecule has 1 spiro atoms. The zero-order chi connectivity index (χ0) is 31.4. The first-order valence-electron chi connectivity index (χ1n) is 16.5. The molecule has 9 aromatic rings. The molecule has 2 heterocycles. The molecule has 0 N–H and O–H groups in total. The molecule has 3 nitrogen and oxygen atoms in total. The maximum atomic E-state index is 5.33. The van der Waals surface area contributed by atoms with E-state index in [4.69, 9.17) is 9.97 Å². The maximum Gasteiger partial charge on any atom is 0.162 e. The third-order valence-electron chi connectivity index (χ3n) is 10.6. The molecule has 0 saturated carbocycles. The van der Waals surface area contributed by atoms with Gasteiger partial charge in [-0.3, -0.25) is 4.57 Å². The Morgan fingerprint density at radius 3 is 1.75 bits per heavy atom. The molecule has 2 aromatic heterocycles. The van der Waals surface area contributed by atoms with Crippen LogP contribution in [0.5, 0.6) is 0 Å². The zero-order valence-electron chi connectivity index (χ0n) is 25.9. The van der Waals surface area contributed by atoms with Gasteiger partial charge in [0.25, 0.3) is 0 Å². The molecule has 0 aliphatic heterocycles. The highest BCUT2D eigenvalue weighted by Gasteiger charge is 2.52. The lowest BCUT2D eigenvalue weighted by Crippen LogP contribution is -2.25. The van der Waals surface area contributed by atoms with Gasteiger partial charge in [-0.05, 0) is 68.8 Å². The monoisotopic (exact) mass is 609 g/mol. The highest BCUT2D eigenvalue weighted by Crippen LogP contribution is 2.64. The summed E-state index contributed by atoms with van der Waals surface area (Å²) in [7, 11) is 0. The molecule has 2 aliphatic carbocycles. The minimum Gasteiger partial charge on any atom is -0.293 e. The van der Waals surface area contributed by atoms with Gasteiger partial charge in [-0.25, -0.2) is 9.97 Å². The fourth-order valence-electron chi connectivity index (χ4n) is 8.82. The van der Waals surface area contributed by atoms with Gasteiger partial charge in [-0.15, -0.1) is 0 Å². The van der Waals surface area contributed by atoms with Gasteiger partial charge in [-0.2, -0.15) is 0 Å². The van der Waals surface area contributed by atoms with Gasteiger partial charge in [0.2, 0.25) is 0 Å². The van der Waals surface area contributed by atoms with Crippen molar-refractivity contribution in [2.24, 2.45) is 0 Å². The lowest BCUT2D eigenvalue weighted by atomic mass is 9.70. The molecule has 0 bridgehead atoms. The van der Waals surface area contributed by atoms with E-state index in [1.165, 1.54) is 55.3 Å². The average molecular weight is 610 g/mol. The van der Waals surface area contributed by atoms with E-state index in [1.54, 1.807) is 0 Å². The highest BCUT2D eigenvalue weighted by atomic mass is 15.1. The number of hydrogen-bond acceptors (Lipinski definition) is 2. The van der Waals surface area contributed by atoms with Crippen LogP contribution in [-0.2, 0) is 5.41 Å². The average Bonchev–Trinajstić information content (AvgIpc) is 3.76. The molecule has 2 aliphatic rings. The molecule has 0 atom stereocenters. The summed E-state index contributed by atoms with van der Waals surface area (Å²) in [5.74, 6) is 1.61. The van der Waals surface area contributed by atoms with E-state index in [1.807, 2.05) is 18.2 Å². The summed E-state index contributed by atoms with van der Waals surface area (Å²) in [5, 5.41) is 3.51. The Balaban J connectivity index is 1.30. The van der Waals surface area contributed by atoms with Crippen molar-refractivity contribution in [3.05, 3.63) is 186 Å². The lowest BCUT2D eigenvalue weighted by Gasteiger charge is -2.30. The van der Waals surface area contributed by atoms with E-state index in [2.05, 4.69) is 150 Å². The van der Waals surface area contributed by atoms with Crippen molar-refractivity contribution in [3.63, 3.8) is 0 Å². The van der Waals surface area contributed by atoms with Crippen LogP contribution in [0, 0.1) is 0 Å². The Morgan fingerprint density at radius 1 is 0.417 bits per heavy atom. The summed E-state index contributed by atoms with van der Waals surface area (Å²) in [5.41, 5.74) is 14.5. The Hall–Kier alpha value is -6.32.